The minimum atomic E-state index is -1.60. The maximum atomic E-state index is 12.4. The molecule has 0 spiro atoms. The molecule has 45 heavy (non-hydrogen) atoms. The van der Waals surface area contributed by atoms with E-state index in [9.17, 15) is 24.6 Å². The lowest BCUT2D eigenvalue weighted by atomic mass is 10.0. The number of rotatable bonds is 14. The summed E-state index contributed by atoms with van der Waals surface area (Å²) in [4.78, 5) is 35.7. The molecule has 2 atom stereocenters. The molecule has 3 N–H and O–H groups in total. The number of phenolic OH excluding ortho intramolecular Hbond substituents is 1. The number of phenols is 1. The molecule has 0 unspecified atom stereocenters. The molecule has 4 aromatic rings. The zero-order valence-electron chi connectivity index (χ0n) is 25.0. The number of benzene rings is 2. The molecular weight excluding hydrogens is 600 g/mol. The van der Waals surface area contributed by atoms with Crippen molar-refractivity contribution in [2.24, 2.45) is 0 Å². The van der Waals surface area contributed by atoms with Crippen molar-refractivity contribution in [3.8, 4) is 17.4 Å². The first-order valence-corrected chi connectivity index (χ1v) is 15.2. The Bertz CT molecular complexity index is 1780. The third-order valence-corrected chi connectivity index (χ3v) is 7.92. The molecule has 0 aliphatic heterocycles. The molecule has 11 heteroatoms. The highest BCUT2D eigenvalue weighted by molar-refractivity contribution is 8.00. The molecule has 0 amide bonds. The van der Waals surface area contributed by atoms with Crippen molar-refractivity contribution in [2.75, 3.05) is 6.61 Å². The number of Topliss-reactive ketones (excluding diaryl/α,β-unsaturated/α-hetero) is 1. The van der Waals surface area contributed by atoms with Crippen LogP contribution in [-0.2, 0) is 6.42 Å². The van der Waals surface area contributed by atoms with Crippen molar-refractivity contribution in [3.05, 3.63) is 106 Å². The number of hydrogen-bond donors (Lipinski definition) is 3. The number of fused-ring (bicyclic) bond motifs is 1. The Morgan fingerprint density at radius 1 is 1.07 bits per heavy atom. The van der Waals surface area contributed by atoms with E-state index in [-0.39, 0.29) is 28.1 Å². The van der Waals surface area contributed by atoms with Crippen LogP contribution in [0.4, 0.5) is 4.79 Å². The molecule has 0 radical (unpaired) electrons. The highest BCUT2D eigenvalue weighted by Crippen LogP contribution is 2.36. The van der Waals surface area contributed by atoms with Crippen molar-refractivity contribution in [1.82, 2.24) is 0 Å². The lowest BCUT2D eigenvalue weighted by Gasteiger charge is -2.18. The molecule has 0 aliphatic carbocycles. The van der Waals surface area contributed by atoms with Crippen LogP contribution >= 0.6 is 11.8 Å². The molecule has 2 aromatic carbocycles. The Kier molecular flexibility index (Phi) is 11.3. The summed E-state index contributed by atoms with van der Waals surface area (Å²) in [6.45, 7) is 5.53. The second kappa shape index (κ2) is 15.3. The fourth-order valence-corrected chi connectivity index (χ4v) is 5.65. The van der Waals surface area contributed by atoms with Crippen LogP contribution < -0.4 is 14.9 Å². The maximum Gasteiger partial charge on any atom is 0.513 e. The second-order valence-electron chi connectivity index (χ2n) is 10.1. The Morgan fingerprint density at radius 2 is 1.87 bits per heavy atom. The van der Waals surface area contributed by atoms with E-state index in [1.807, 2.05) is 25.2 Å². The summed E-state index contributed by atoms with van der Waals surface area (Å²) in [6.07, 6.45) is 6.66. The molecule has 0 saturated heterocycles. The van der Waals surface area contributed by atoms with Crippen LogP contribution in [0.3, 0.4) is 0 Å². The zero-order valence-corrected chi connectivity index (χ0v) is 25.8. The van der Waals surface area contributed by atoms with E-state index < -0.39 is 28.9 Å². The predicted molar refractivity (Wildman–Crippen MR) is 170 cm³/mol. The highest BCUT2D eigenvalue weighted by atomic mass is 32.2. The van der Waals surface area contributed by atoms with Gasteiger partial charge in [-0.1, -0.05) is 37.6 Å². The van der Waals surface area contributed by atoms with E-state index in [4.69, 9.17) is 18.7 Å². The molecule has 0 fully saturated rings. The average molecular weight is 635 g/mol. The number of hydrogen-bond acceptors (Lipinski definition) is 10. The van der Waals surface area contributed by atoms with Crippen LogP contribution in [0.15, 0.2) is 91.4 Å². The van der Waals surface area contributed by atoms with Gasteiger partial charge in [0.2, 0.25) is 0 Å². The van der Waals surface area contributed by atoms with Gasteiger partial charge in [-0.3, -0.25) is 9.59 Å². The van der Waals surface area contributed by atoms with E-state index in [2.05, 4.69) is 4.74 Å². The third-order valence-electron chi connectivity index (χ3n) is 6.71. The molecule has 236 valence electrons. The largest absolute Gasteiger partial charge is 0.513 e. The zero-order chi connectivity index (χ0) is 32.5. The standard InChI is InChI=1S/C34H34O10S/c1-4-9-25-27(16-14-23(21(3)35)32(25)37)41-17-8-6-5-7-10-30(33(38)28-15-11-20(2)42-28)45-22-12-13-24-26(36)19-31(44-34(39)40)43-29(24)18-22/h5-7,10-16,18-19,30,33,37-38H,4,8-9,17H2,1-3H3,(H,39,40)/b6-5-,10-7+/t30-,33+/m0/s1. The summed E-state index contributed by atoms with van der Waals surface area (Å²) < 4.78 is 21.6. The molecule has 0 saturated carbocycles. The number of aliphatic hydroxyl groups is 1. The Labute approximate surface area is 263 Å². The van der Waals surface area contributed by atoms with Crippen LogP contribution in [0, 0.1) is 6.92 Å². The Hall–Kier alpha value is -4.74. The van der Waals surface area contributed by atoms with Crippen molar-refractivity contribution in [2.45, 2.75) is 56.3 Å². The van der Waals surface area contributed by atoms with Crippen LogP contribution in [0.1, 0.15) is 60.2 Å². The van der Waals surface area contributed by atoms with Gasteiger partial charge >= 0.3 is 6.16 Å². The number of ether oxygens (including phenoxy) is 2. The summed E-state index contributed by atoms with van der Waals surface area (Å²) >= 11 is 1.30. The number of furan rings is 1. The monoisotopic (exact) mass is 634 g/mol. The second-order valence-corrected chi connectivity index (χ2v) is 11.4. The van der Waals surface area contributed by atoms with E-state index in [0.29, 0.717) is 47.2 Å². The summed E-state index contributed by atoms with van der Waals surface area (Å²) in [5.41, 5.74) is 0.586. The van der Waals surface area contributed by atoms with Gasteiger partial charge in [0.15, 0.2) is 11.2 Å². The van der Waals surface area contributed by atoms with Gasteiger partial charge in [-0.25, -0.2) is 4.79 Å². The first-order chi connectivity index (χ1) is 21.6. The Balaban J connectivity index is 1.47. The summed E-state index contributed by atoms with van der Waals surface area (Å²) in [5.74, 6) is 0.910. The van der Waals surface area contributed by atoms with Gasteiger partial charge in [-0.2, -0.15) is 0 Å². The summed E-state index contributed by atoms with van der Waals surface area (Å²) in [7, 11) is 0. The quantitative estimate of drug-likeness (QED) is 0.0418. The molecule has 0 aliphatic rings. The number of thioether (sulfide) groups is 1. The fraction of sp³-hybridized carbons (Fsp3) is 0.265. The molecule has 2 heterocycles. The van der Waals surface area contributed by atoms with Crippen LogP contribution in [0.5, 0.6) is 17.4 Å². The highest BCUT2D eigenvalue weighted by Gasteiger charge is 2.23. The van der Waals surface area contributed by atoms with Gasteiger partial charge in [-0.15, -0.1) is 11.8 Å². The first-order valence-electron chi connectivity index (χ1n) is 14.3. The van der Waals surface area contributed by atoms with Crippen molar-refractivity contribution < 1.29 is 43.2 Å². The molecule has 10 nitrogen and oxygen atoms in total. The maximum absolute atomic E-state index is 12.4. The lowest BCUT2D eigenvalue weighted by molar-refractivity contribution is 0.101. The van der Waals surface area contributed by atoms with Gasteiger partial charge in [0.1, 0.15) is 34.7 Å². The molecule has 4 rings (SSSR count). The minimum absolute atomic E-state index is 0.0308. The third kappa shape index (κ3) is 8.68. The number of allylic oxidation sites excluding steroid dienone is 2. The van der Waals surface area contributed by atoms with Gasteiger partial charge in [-0.05, 0) is 69.2 Å². The number of carbonyl (C=O) groups excluding carboxylic acids is 1. The van der Waals surface area contributed by atoms with Crippen molar-refractivity contribution in [1.29, 1.82) is 0 Å². The predicted octanol–water partition coefficient (Wildman–Crippen LogP) is 7.39. The fourth-order valence-electron chi connectivity index (χ4n) is 4.58. The number of carboxylic acid groups (broad SMARTS) is 1. The lowest BCUT2D eigenvalue weighted by Crippen LogP contribution is -2.12. The van der Waals surface area contributed by atoms with Gasteiger partial charge in [0, 0.05) is 10.5 Å². The van der Waals surface area contributed by atoms with Crippen LogP contribution in [0.25, 0.3) is 11.0 Å². The van der Waals surface area contributed by atoms with Crippen LogP contribution in [0.2, 0.25) is 0 Å². The van der Waals surface area contributed by atoms with Gasteiger partial charge < -0.3 is 33.6 Å². The minimum Gasteiger partial charge on any atom is -0.507 e. The number of aromatic hydroxyl groups is 1. The SMILES string of the molecule is CCCc1c(OCC/C=C\C=C\[C@H](Sc2ccc3c(=O)cc(OC(=O)O)oc3c2)[C@H](O)c2ccc(C)o2)ccc(C(C)=O)c1O. The smallest absolute Gasteiger partial charge is 0.507 e. The molecule has 2 aromatic heterocycles. The van der Waals surface area contributed by atoms with E-state index in [1.165, 1.54) is 18.7 Å². The van der Waals surface area contributed by atoms with E-state index >= 15 is 0 Å². The summed E-state index contributed by atoms with van der Waals surface area (Å²) in [5, 5.41) is 30.3. The topological polar surface area (TPSA) is 157 Å². The average Bonchev–Trinajstić information content (AvgIpc) is 3.42. The van der Waals surface area contributed by atoms with Gasteiger partial charge in [0.05, 0.1) is 28.9 Å². The summed E-state index contributed by atoms with van der Waals surface area (Å²) in [6, 6.07) is 12.6. The number of aliphatic hydroxyl groups excluding tert-OH is 1. The van der Waals surface area contributed by atoms with E-state index in [0.717, 1.165) is 12.5 Å². The normalized spacial score (nSPS) is 13.0. The molecule has 0 bridgehead atoms. The van der Waals surface area contributed by atoms with Gasteiger partial charge in [0.25, 0.3) is 5.95 Å². The molecular formula is C34H34O10S. The van der Waals surface area contributed by atoms with Crippen molar-refractivity contribution in [3.63, 3.8) is 0 Å². The number of carbonyl (C=O) groups is 2. The number of ketones is 1. The first kappa shape index (κ1) is 33.2. The Morgan fingerprint density at radius 3 is 2.56 bits per heavy atom. The van der Waals surface area contributed by atoms with E-state index in [1.54, 1.807) is 55.5 Å². The number of aryl methyl sites for hydroxylation is 1. The van der Waals surface area contributed by atoms with Crippen molar-refractivity contribution >= 4 is 34.7 Å². The van der Waals surface area contributed by atoms with Crippen LogP contribution in [-0.4, -0.2) is 39.1 Å².